The Morgan fingerprint density at radius 3 is 2.38 bits per heavy atom. The molecule has 0 aromatic carbocycles. The van der Waals surface area contributed by atoms with E-state index in [9.17, 15) is 22.0 Å². The van der Waals surface area contributed by atoms with Crippen molar-refractivity contribution in [1.82, 2.24) is 0 Å². The van der Waals surface area contributed by atoms with E-state index in [0.29, 0.717) is 0 Å². The summed E-state index contributed by atoms with van der Waals surface area (Å²) < 4.78 is 47.2. The average molecular weight is 214 g/mol. The molecule has 1 rings (SSSR count). The Morgan fingerprint density at radius 2 is 2.08 bits per heavy atom. The summed E-state index contributed by atoms with van der Waals surface area (Å²) in [4.78, 5) is 10.1. The van der Waals surface area contributed by atoms with Crippen molar-refractivity contribution < 1.29 is 27.1 Å². The predicted molar refractivity (Wildman–Crippen MR) is 39.3 cm³/mol. The summed E-state index contributed by atoms with van der Waals surface area (Å²) in [7, 11) is -3.76. The minimum atomic E-state index is -3.76. The van der Waals surface area contributed by atoms with Gasteiger partial charge in [0.15, 0.2) is 9.84 Å². The quantitative estimate of drug-likeness (QED) is 0.709. The molecule has 76 valence electrons. The summed E-state index contributed by atoms with van der Waals surface area (Å²) in [6.45, 7) is 0. The van der Waals surface area contributed by atoms with E-state index in [1.165, 1.54) is 0 Å². The van der Waals surface area contributed by atoms with Crippen LogP contribution in [-0.2, 0) is 14.6 Å². The van der Waals surface area contributed by atoms with Crippen LogP contribution in [0.3, 0.4) is 0 Å². The van der Waals surface area contributed by atoms with Gasteiger partial charge in [0, 0.05) is 5.92 Å². The third-order valence-corrected chi connectivity index (χ3v) is 3.62. The van der Waals surface area contributed by atoms with Crippen LogP contribution in [-0.4, -0.2) is 36.9 Å². The van der Waals surface area contributed by atoms with E-state index in [1.54, 1.807) is 0 Å². The van der Waals surface area contributed by atoms with Crippen molar-refractivity contribution in [2.75, 3.05) is 11.5 Å². The van der Waals surface area contributed by atoms with Crippen LogP contribution in [0.1, 0.15) is 6.42 Å². The number of hydrogen-bond acceptors (Lipinski definition) is 3. The number of carbonyl (C=O) groups is 1. The lowest BCUT2D eigenvalue weighted by atomic mass is 10.0. The van der Waals surface area contributed by atoms with Crippen LogP contribution < -0.4 is 0 Å². The van der Waals surface area contributed by atoms with Gasteiger partial charge in [-0.3, -0.25) is 4.79 Å². The van der Waals surface area contributed by atoms with Crippen molar-refractivity contribution in [2.45, 2.75) is 12.3 Å². The highest BCUT2D eigenvalue weighted by molar-refractivity contribution is 7.91. The Hall–Kier alpha value is -0.720. The van der Waals surface area contributed by atoms with E-state index in [0.717, 1.165) is 0 Å². The SMILES string of the molecule is O=C(O)CC1CS(=O)(=O)CC1(F)F. The van der Waals surface area contributed by atoms with Gasteiger partial charge in [0.05, 0.1) is 12.2 Å². The first-order chi connectivity index (χ1) is 5.73. The molecule has 0 aromatic rings. The van der Waals surface area contributed by atoms with E-state index >= 15 is 0 Å². The van der Waals surface area contributed by atoms with Crippen molar-refractivity contribution in [3.63, 3.8) is 0 Å². The molecular formula is C6H8F2O4S. The Bertz CT molecular complexity index is 322. The number of sulfone groups is 1. The van der Waals surface area contributed by atoms with Gasteiger partial charge in [0.2, 0.25) is 0 Å². The Balaban J connectivity index is 2.82. The summed E-state index contributed by atoms with van der Waals surface area (Å²) in [5, 5.41) is 8.25. The first kappa shape index (κ1) is 10.4. The van der Waals surface area contributed by atoms with Crippen LogP contribution >= 0.6 is 0 Å². The van der Waals surface area contributed by atoms with E-state index in [4.69, 9.17) is 5.11 Å². The molecule has 0 saturated carbocycles. The third-order valence-electron chi connectivity index (χ3n) is 1.89. The number of carboxylic acids is 1. The number of hydrogen-bond donors (Lipinski definition) is 1. The van der Waals surface area contributed by atoms with Crippen molar-refractivity contribution in [3.8, 4) is 0 Å². The van der Waals surface area contributed by atoms with E-state index < -0.39 is 45.6 Å². The van der Waals surface area contributed by atoms with Crippen molar-refractivity contribution in [2.24, 2.45) is 5.92 Å². The fraction of sp³-hybridized carbons (Fsp3) is 0.833. The average Bonchev–Trinajstić information content (AvgIpc) is 1.98. The molecule has 1 fully saturated rings. The monoisotopic (exact) mass is 214 g/mol. The molecule has 13 heavy (non-hydrogen) atoms. The van der Waals surface area contributed by atoms with Gasteiger partial charge >= 0.3 is 5.97 Å². The molecule has 7 heteroatoms. The maximum absolute atomic E-state index is 12.8. The zero-order valence-corrected chi connectivity index (χ0v) is 7.35. The summed E-state index contributed by atoms with van der Waals surface area (Å²) >= 11 is 0. The van der Waals surface area contributed by atoms with E-state index in [1.807, 2.05) is 0 Å². The number of carboxylic acid groups (broad SMARTS) is 1. The van der Waals surface area contributed by atoms with Gasteiger partial charge in [0.1, 0.15) is 5.75 Å². The van der Waals surface area contributed by atoms with Crippen LogP contribution in [0.5, 0.6) is 0 Å². The summed E-state index contributed by atoms with van der Waals surface area (Å²) in [5.41, 5.74) is 0. The lowest BCUT2D eigenvalue weighted by Crippen LogP contribution is -2.28. The molecule has 0 spiro atoms. The molecule has 0 aromatic heterocycles. The smallest absolute Gasteiger partial charge is 0.303 e. The Morgan fingerprint density at radius 1 is 1.54 bits per heavy atom. The fourth-order valence-corrected chi connectivity index (χ4v) is 3.23. The van der Waals surface area contributed by atoms with Gasteiger partial charge in [-0.25, -0.2) is 17.2 Å². The molecule has 0 aliphatic carbocycles. The number of alkyl halides is 2. The van der Waals surface area contributed by atoms with Crippen molar-refractivity contribution in [3.05, 3.63) is 0 Å². The lowest BCUT2D eigenvalue weighted by molar-refractivity contribution is -0.141. The van der Waals surface area contributed by atoms with Gasteiger partial charge in [0.25, 0.3) is 5.92 Å². The van der Waals surface area contributed by atoms with Crippen molar-refractivity contribution in [1.29, 1.82) is 0 Å². The van der Waals surface area contributed by atoms with E-state index in [2.05, 4.69) is 0 Å². The van der Waals surface area contributed by atoms with Gasteiger partial charge in [-0.05, 0) is 0 Å². The molecule has 0 amide bonds. The van der Waals surface area contributed by atoms with Crippen molar-refractivity contribution >= 4 is 15.8 Å². The largest absolute Gasteiger partial charge is 0.481 e. The van der Waals surface area contributed by atoms with E-state index in [-0.39, 0.29) is 0 Å². The molecule has 1 aliphatic heterocycles. The second-order valence-electron chi connectivity index (χ2n) is 3.11. The van der Waals surface area contributed by atoms with Gasteiger partial charge < -0.3 is 5.11 Å². The summed E-state index contributed by atoms with van der Waals surface area (Å²) in [5.74, 6) is -8.32. The second kappa shape index (κ2) is 2.90. The topological polar surface area (TPSA) is 71.4 Å². The maximum atomic E-state index is 12.8. The standard InChI is InChI=1S/C6H8F2O4S/c7-6(8)3-13(11,12)2-4(6)1-5(9)10/h4H,1-3H2,(H,9,10). The predicted octanol–water partition coefficient (Wildman–Crippen LogP) is 0.141. The number of aliphatic carboxylic acids is 1. The summed E-state index contributed by atoms with van der Waals surface area (Å²) in [6.07, 6.45) is -0.799. The molecule has 1 saturated heterocycles. The lowest BCUT2D eigenvalue weighted by Gasteiger charge is -2.14. The highest BCUT2D eigenvalue weighted by Gasteiger charge is 2.52. The molecule has 1 heterocycles. The van der Waals surface area contributed by atoms with Gasteiger partial charge in [-0.15, -0.1) is 0 Å². The number of rotatable bonds is 2. The minimum Gasteiger partial charge on any atom is -0.481 e. The van der Waals surface area contributed by atoms with Crippen LogP contribution in [0.25, 0.3) is 0 Å². The molecule has 1 N–H and O–H groups in total. The molecule has 1 unspecified atom stereocenters. The van der Waals surface area contributed by atoms with Crippen LogP contribution in [0.15, 0.2) is 0 Å². The third kappa shape index (κ3) is 2.36. The molecule has 0 radical (unpaired) electrons. The summed E-state index contributed by atoms with van der Waals surface area (Å²) in [6, 6.07) is 0. The molecule has 1 aliphatic rings. The van der Waals surface area contributed by atoms with Gasteiger partial charge in [-0.1, -0.05) is 0 Å². The first-order valence-corrected chi connectivity index (χ1v) is 5.35. The molecule has 0 bridgehead atoms. The van der Waals surface area contributed by atoms with Crippen LogP contribution in [0.2, 0.25) is 0 Å². The van der Waals surface area contributed by atoms with Crippen LogP contribution in [0, 0.1) is 5.92 Å². The first-order valence-electron chi connectivity index (χ1n) is 3.53. The zero-order chi connectivity index (χ0) is 10.3. The molecule has 1 atom stereocenters. The zero-order valence-electron chi connectivity index (χ0n) is 6.53. The number of halogens is 2. The maximum Gasteiger partial charge on any atom is 0.303 e. The molecule has 4 nitrogen and oxygen atoms in total. The fourth-order valence-electron chi connectivity index (χ4n) is 1.32. The highest BCUT2D eigenvalue weighted by Crippen LogP contribution is 2.36. The second-order valence-corrected chi connectivity index (χ2v) is 5.22. The van der Waals surface area contributed by atoms with Gasteiger partial charge in [-0.2, -0.15) is 0 Å². The highest BCUT2D eigenvalue weighted by atomic mass is 32.2. The van der Waals surface area contributed by atoms with Crippen LogP contribution in [0.4, 0.5) is 8.78 Å². The normalized spacial score (nSPS) is 30.2. The Kier molecular flexibility index (Phi) is 2.31. The molecular weight excluding hydrogens is 206 g/mol. The Labute approximate surface area is 73.5 Å². The minimum absolute atomic E-state index is 0.730.